The zero-order chi connectivity index (χ0) is 15.6. The lowest BCUT2D eigenvalue weighted by Gasteiger charge is -2.34. The van der Waals surface area contributed by atoms with Gasteiger partial charge in [-0.15, -0.1) is 0 Å². The number of phenolic OH excluding ortho intramolecular Hbond substituents is 1. The summed E-state index contributed by atoms with van der Waals surface area (Å²) in [6.07, 6.45) is -2.76. The summed E-state index contributed by atoms with van der Waals surface area (Å²) < 4.78 is 27.2. The quantitative estimate of drug-likeness (QED) is 0.632. The van der Waals surface area contributed by atoms with Crippen LogP contribution in [0.5, 0.6) is 5.75 Å². The van der Waals surface area contributed by atoms with E-state index in [4.69, 9.17) is 0 Å². The molecule has 21 heavy (non-hydrogen) atoms. The van der Waals surface area contributed by atoms with Gasteiger partial charge in [0.05, 0.1) is 4.92 Å². The highest BCUT2D eigenvalue weighted by molar-refractivity contribution is 9.10. The van der Waals surface area contributed by atoms with Gasteiger partial charge in [0.25, 0.3) is 6.43 Å². The molecule has 6 nitrogen and oxygen atoms in total. The Morgan fingerprint density at radius 2 is 2.00 bits per heavy atom. The van der Waals surface area contributed by atoms with Gasteiger partial charge in [0.2, 0.25) is 0 Å². The van der Waals surface area contributed by atoms with E-state index in [1.807, 2.05) is 0 Å². The standard InChI is InChI=1S/C12H14BrF2N3O3/c13-7-5-8(11(19)9(6-7)18(20)21)10(12(14)15)17-3-1-16-2-4-17/h5-6,10,12,16,19H,1-4H2/t10-/m1/s1. The minimum Gasteiger partial charge on any atom is -0.502 e. The minimum absolute atomic E-state index is 0.132. The van der Waals surface area contributed by atoms with Crippen LogP contribution >= 0.6 is 15.9 Å². The van der Waals surface area contributed by atoms with Crippen LogP contribution in [0.2, 0.25) is 0 Å². The molecule has 1 saturated heterocycles. The fraction of sp³-hybridized carbons (Fsp3) is 0.500. The van der Waals surface area contributed by atoms with E-state index in [-0.39, 0.29) is 10.0 Å². The van der Waals surface area contributed by atoms with E-state index in [0.29, 0.717) is 26.2 Å². The summed E-state index contributed by atoms with van der Waals surface area (Å²) in [5.41, 5.74) is -0.715. The lowest BCUT2D eigenvalue weighted by Crippen LogP contribution is -2.46. The van der Waals surface area contributed by atoms with Gasteiger partial charge in [-0.05, 0) is 6.07 Å². The lowest BCUT2D eigenvalue weighted by atomic mass is 10.0. The Labute approximate surface area is 128 Å². The average Bonchev–Trinajstić information content (AvgIpc) is 2.43. The molecule has 0 unspecified atom stereocenters. The van der Waals surface area contributed by atoms with E-state index in [0.717, 1.165) is 6.07 Å². The highest BCUT2D eigenvalue weighted by atomic mass is 79.9. The van der Waals surface area contributed by atoms with Crippen molar-refractivity contribution in [1.82, 2.24) is 10.2 Å². The minimum atomic E-state index is -2.76. The van der Waals surface area contributed by atoms with Crippen molar-refractivity contribution in [2.75, 3.05) is 26.2 Å². The molecule has 1 heterocycles. The van der Waals surface area contributed by atoms with Crippen LogP contribution in [0.15, 0.2) is 16.6 Å². The van der Waals surface area contributed by atoms with Gasteiger partial charge in [0.1, 0.15) is 6.04 Å². The summed E-state index contributed by atoms with van der Waals surface area (Å²) in [6, 6.07) is 1.03. The largest absolute Gasteiger partial charge is 0.502 e. The number of nitro groups is 1. The van der Waals surface area contributed by atoms with Gasteiger partial charge >= 0.3 is 5.69 Å². The third-order valence-electron chi connectivity index (χ3n) is 3.38. The molecule has 0 amide bonds. The molecule has 1 aromatic rings. The predicted molar refractivity (Wildman–Crippen MR) is 75.6 cm³/mol. The van der Waals surface area contributed by atoms with E-state index in [9.17, 15) is 24.0 Å². The van der Waals surface area contributed by atoms with Crippen molar-refractivity contribution >= 4 is 21.6 Å². The third kappa shape index (κ3) is 3.47. The zero-order valence-electron chi connectivity index (χ0n) is 10.9. The average molecular weight is 366 g/mol. The Bertz CT molecular complexity index is 539. The van der Waals surface area contributed by atoms with Gasteiger partial charge in [-0.3, -0.25) is 15.0 Å². The summed E-state index contributed by atoms with van der Waals surface area (Å²) in [4.78, 5) is 11.6. The maximum atomic E-state index is 13.5. The zero-order valence-corrected chi connectivity index (χ0v) is 12.5. The van der Waals surface area contributed by atoms with Crippen molar-refractivity contribution in [1.29, 1.82) is 0 Å². The lowest BCUT2D eigenvalue weighted by molar-refractivity contribution is -0.386. The monoisotopic (exact) mass is 365 g/mol. The Morgan fingerprint density at radius 1 is 1.38 bits per heavy atom. The molecule has 1 fully saturated rings. The van der Waals surface area contributed by atoms with E-state index in [2.05, 4.69) is 21.2 Å². The van der Waals surface area contributed by atoms with Crippen molar-refractivity contribution in [2.24, 2.45) is 0 Å². The summed E-state index contributed by atoms with van der Waals surface area (Å²) in [5, 5.41) is 24.0. The Hall–Kier alpha value is -1.32. The molecule has 0 aliphatic carbocycles. The van der Waals surface area contributed by atoms with E-state index in [1.165, 1.54) is 11.0 Å². The molecule has 1 atom stereocenters. The molecular weight excluding hydrogens is 352 g/mol. The van der Waals surface area contributed by atoms with Gasteiger partial charge in [0, 0.05) is 42.3 Å². The van der Waals surface area contributed by atoms with Crippen LogP contribution in [-0.4, -0.2) is 47.5 Å². The molecule has 0 radical (unpaired) electrons. The molecule has 0 saturated carbocycles. The molecule has 2 N–H and O–H groups in total. The van der Waals surface area contributed by atoms with Gasteiger partial charge in [-0.2, -0.15) is 0 Å². The van der Waals surface area contributed by atoms with Crippen LogP contribution in [-0.2, 0) is 0 Å². The smallest absolute Gasteiger partial charge is 0.312 e. The first-order chi connectivity index (χ1) is 9.91. The SMILES string of the molecule is O=[N+]([O-])c1cc(Br)cc([C@H](C(F)F)N2CCNCC2)c1O. The molecule has 116 valence electrons. The molecule has 1 aromatic carbocycles. The fourth-order valence-corrected chi connectivity index (χ4v) is 2.89. The third-order valence-corrected chi connectivity index (χ3v) is 3.84. The second-order valence-corrected chi connectivity index (χ2v) is 5.60. The van der Waals surface area contributed by atoms with E-state index in [1.54, 1.807) is 0 Å². The van der Waals surface area contributed by atoms with Crippen LogP contribution < -0.4 is 5.32 Å². The summed E-state index contributed by atoms with van der Waals surface area (Å²) in [5.74, 6) is -0.702. The van der Waals surface area contributed by atoms with Crippen molar-refractivity contribution in [3.05, 3.63) is 32.3 Å². The normalized spacial score (nSPS) is 17.9. The van der Waals surface area contributed by atoms with E-state index < -0.39 is 28.8 Å². The van der Waals surface area contributed by atoms with Crippen LogP contribution in [0.3, 0.4) is 0 Å². The second kappa shape index (κ2) is 6.63. The number of aromatic hydroxyl groups is 1. The number of benzene rings is 1. The van der Waals surface area contributed by atoms with Crippen molar-refractivity contribution in [3.63, 3.8) is 0 Å². The van der Waals surface area contributed by atoms with Crippen LogP contribution in [0.1, 0.15) is 11.6 Å². The van der Waals surface area contributed by atoms with Crippen LogP contribution in [0.4, 0.5) is 14.5 Å². The Balaban J connectivity index is 2.47. The van der Waals surface area contributed by atoms with E-state index >= 15 is 0 Å². The molecule has 9 heteroatoms. The first-order valence-corrected chi connectivity index (χ1v) is 7.11. The second-order valence-electron chi connectivity index (χ2n) is 4.69. The topological polar surface area (TPSA) is 78.6 Å². The molecule has 1 aliphatic rings. The number of nitro benzene ring substituents is 1. The Morgan fingerprint density at radius 3 is 2.52 bits per heavy atom. The molecule has 1 aliphatic heterocycles. The van der Waals surface area contributed by atoms with Gasteiger partial charge in [0.15, 0.2) is 5.75 Å². The molecule has 0 bridgehead atoms. The first kappa shape index (κ1) is 16.1. The van der Waals surface area contributed by atoms with Gasteiger partial charge in [-0.1, -0.05) is 15.9 Å². The summed E-state index contributed by atoms with van der Waals surface area (Å²) in [6.45, 7) is 1.88. The summed E-state index contributed by atoms with van der Waals surface area (Å²) >= 11 is 3.07. The molecular formula is C12H14BrF2N3O3. The number of hydrogen-bond donors (Lipinski definition) is 2. The molecule has 2 rings (SSSR count). The number of alkyl halides is 2. The first-order valence-electron chi connectivity index (χ1n) is 6.31. The number of hydrogen-bond acceptors (Lipinski definition) is 5. The number of rotatable bonds is 4. The van der Waals surface area contributed by atoms with Crippen LogP contribution in [0.25, 0.3) is 0 Å². The maximum Gasteiger partial charge on any atom is 0.312 e. The number of phenols is 1. The summed E-state index contributed by atoms with van der Waals surface area (Å²) in [7, 11) is 0. The highest BCUT2D eigenvalue weighted by Crippen LogP contribution is 2.41. The Kier molecular flexibility index (Phi) is 5.07. The fourth-order valence-electron chi connectivity index (χ4n) is 2.42. The van der Waals surface area contributed by atoms with Crippen molar-refractivity contribution < 1.29 is 18.8 Å². The van der Waals surface area contributed by atoms with Crippen molar-refractivity contribution in [3.8, 4) is 5.75 Å². The van der Waals surface area contributed by atoms with Crippen molar-refractivity contribution in [2.45, 2.75) is 12.5 Å². The molecule has 0 aromatic heterocycles. The number of piperazine rings is 1. The number of halogens is 3. The predicted octanol–water partition coefficient (Wildman–Crippen LogP) is 2.27. The number of nitrogens with one attached hydrogen (secondary N) is 1. The van der Waals surface area contributed by atoms with Gasteiger partial charge < -0.3 is 10.4 Å². The number of nitrogens with zero attached hydrogens (tertiary/aromatic N) is 2. The molecule has 0 spiro atoms. The highest BCUT2D eigenvalue weighted by Gasteiger charge is 2.34. The van der Waals surface area contributed by atoms with Crippen LogP contribution in [0, 0.1) is 10.1 Å². The maximum absolute atomic E-state index is 13.5. The van der Waals surface area contributed by atoms with Gasteiger partial charge in [-0.25, -0.2) is 8.78 Å².